The van der Waals surface area contributed by atoms with Crippen LogP contribution in [0.4, 0.5) is 4.79 Å². The van der Waals surface area contributed by atoms with Crippen molar-refractivity contribution < 1.29 is 24.6 Å². The minimum absolute atomic E-state index is 0.0746. The van der Waals surface area contributed by atoms with E-state index in [4.69, 9.17) is 0 Å². The Balaban J connectivity index is 2.16. The molecule has 2 heterocycles. The summed E-state index contributed by atoms with van der Waals surface area (Å²) in [5, 5.41) is 29.1. The summed E-state index contributed by atoms with van der Waals surface area (Å²) in [7, 11) is 0. The average Bonchev–Trinajstić information content (AvgIpc) is 3.10. The fraction of sp³-hybridized carbons (Fsp3) is 0.522. The Morgan fingerprint density at radius 3 is 2.09 bits per heavy atom. The van der Waals surface area contributed by atoms with E-state index in [2.05, 4.69) is 10.2 Å². The molecule has 0 fully saturated rings. The quantitative estimate of drug-likeness (QED) is 0.492. The fourth-order valence-electron chi connectivity index (χ4n) is 5.21. The Kier molecular flexibility index (Phi) is 6.36. The number of nitrogens with zero attached hydrogens (tertiary/aromatic N) is 4. The molecule has 1 unspecified atom stereocenters. The van der Waals surface area contributed by atoms with Gasteiger partial charge in [0.1, 0.15) is 11.2 Å². The number of thioether (sulfide) groups is 1. The monoisotopic (exact) mass is 474 g/mol. The van der Waals surface area contributed by atoms with Crippen LogP contribution in [0.5, 0.6) is 0 Å². The smallest absolute Gasteiger partial charge is 0.409 e. The molecule has 178 valence electrons. The van der Waals surface area contributed by atoms with E-state index >= 15 is 0 Å². The summed E-state index contributed by atoms with van der Waals surface area (Å²) >= 11 is 1.60. The van der Waals surface area contributed by atoms with Gasteiger partial charge >= 0.3 is 12.1 Å². The molecule has 0 spiro atoms. The number of hydrogen-bond acceptors (Lipinski definition) is 6. The topological polar surface area (TPSA) is 126 Å². The van der Waals surface area contributed by atoms with Crippen molar-refractivity contribution >= 4 is 29.6 Å². The first kappa shape index (κ1) is 24.8. The Morgan fingerprint density at radius 2 is 1.61 bits per heavy atom. The predicted molar refractivity (Wildman–Crippen MR) is 123 cm³/mol. The number of rotatable bonds is 5. The number of carbonyl (C=O) groups excluding carboxylic acids is 1. The second kappa shape index (κ2) is 8.48. The van der Waals surface area contributed by atoms with Gasteiger partial charge < -0.3 is 10.2 Å². The molecule has 1 amide bonds. The van der Waals surface area contributed by atoms with Crippen LogP contribution < -0.4 is 0 Å². The van der Waals surface area contributed by atoms with E-state index in [0.29, 0.717) is 12.3 Å². The lowest BCUT2D eigenvalue weighted by Crippen LogP contribution is -2.71. The van der Waals surface area contributed by atoms with Crippen molar-refractivity contribution in [1.29, 1.82) is 0 Å². The summed E-state index contributed by atoms with van der Waals surface area (Å²) in [5.41, 5.74) is -2.92. The van der Waals surface area contributed by atoms with Gasteiger partial charge in [0.15, 0.2) is 11.7 Å². The molecule has 2 N–H and O–H groups in total. The number of ketones is 1. The van der Waals surface area contributed by atoms with Crippen molar-refractivity contribution in [1.82, 2.24) is 19.9 Å². The van der Waals surface area contributed by atoms with Gasteiger partial charge in [-0.3, -0.25) is 9.69 Å². The molecule has 1 aliphatic heterocycles. The second-order valence-electron chi connectivity index (χ2n) is 10.1. The molecule has 33 heavy (non-hydrogen) atoms. The number of benzene rings is 1. The molecule has 1 aromatic heterocycles. The van der Waals surface area contributed by atoms with Crippen LogP contribution in [0, 0.1) is 10.8 Å². The van der Waals surface area contributed by atoms with Crippen LogP contribution >= 0.6 is 11.8 Å². The summed E-state index contributed by atoms with van der Waals surface area (Å²) in [6.45, 7) is 11.4. The third kappa shape index (κ3) is 4.01. The van der Waals surface area contributed by atoms with Crippen LogP contribution in [0.2, 0.25) is 0 Å². The van der Waals surface area contributed by atoms with Crippen LogP contribution in [-0.2, 0) is 16.9 Å². The Bertz CT molecular complexity index is 1050. The van der Waals surface area contributed by atoms with E-state index in [0.717, 1.165) is 9.80 Å². The van der Waals surface area contributed by atoms with Crippen LogP contribution in [-0.4, -0.2) is 59.7 Å². The Hall–Kier alpha value is -2.88. The zero-order valence-corrected chi connectivity index (χ0v) is 20.5. The van der Waals surface area contributed by atoms with Crippen molar-refractivity contribution in [2.45, 2.75) is 64.6 Å². The lowest BCUT2D eigenvalue weighted by Gasteiger charge is -2.59. The first-order chi connectivity index (χ1) is 15.2. The summed E-state index contributed by atoms with van der Waals surface area (Å²) < 4.78 is 0. The third-order valence-electron chi connectivity index (χ3n) is 6.01. The molecular weight excluding hydrogens is 444 g/mol. The zero-order valence-electron chi connectivity index (χ0n) is 19.7. The van der Waals surface area contributed by atoms with Gasteiger partial charge in [-0.15, -0.1) is 16.9 Å². The van der Waals surface area contributed by atoms with E-state index in [1.165, 1.54) is 4.80 Å². The van der Waals surface area contributed by atoms with Gasteiger partial charge in [0.05, 0.1) is 6.54 Å². The molecule has 0 aliphatic carbocycles. The normalized spacial score (nSPS) is 18.2. The molecular formula is C23H30N4O5S. The maximum atomic E-state index is 13.2. The molecule has 1 aromatic carbocycles. The molecule has 1 atom stereocenters. The van der Waals surface area contributed by atoms with Gasteiger partial charge in [-0.1, -0.05) is 59.7 Å². The number of aryl methyl sites for hydroxylation is 1. The lowest BCUT2D eigenvalue weighted by molar-refractivity contribution is -0.152. The third-order valence-corrected chi connectivity index (χ3v) is 7.01. The van der Waals surface area contributed by atoms with E-state index < -0.39 is 40.3 Å². The van der Waals surface area contributed by atoms with Gasteiger partial charge in [-0.2, -0.15) is 9.90 Å². The van der Waals surface area contributed by atoms with Crippen LogP contribution in [0.25, 0.3) is 0 Å². The molecule has 10 heteroatoms. The highest BCUT2D eigenvalue weighted by molar-refractivity contribution is 7.99. The number of carbonyl (C=O) groups is 3. The van der Waals surface area contributed by atoms with E-state index in [1.54, 1.807) is 11.8 Å². The van der Waals surface area contributed by atoms with Crippen molar-refractivity contribution in [2.75, 3.05) is 5.75 Å². The largest absolute Gasteiger partial charge is 0.479 e. The van der Waals surface area contributed by atoms with Crippen molar-refractivity contribution in [3.05, 3.63) is 41.7 Å². The number of carboxylic acid groups (broad SMARTS) is 2. The van der Waals surface area contributed by atoms with Crippen molar-refractivity contribution in [3.8, 4) is 0 Å². The van der Waals surface area contributed by atoms with Crippen LogP contribution in [0.1, 0.15) is 57.7 Å². The summed E-state index contributed by atoms with van der Waals surface area (Å²) in [6, 6.07) is 7.89. The highest BCUT2D eigenvalue weighted by Crippen LogP contribution is 2.58. The second-order valence-corrected chi connectivity index (χ2v) is 11.3. The molecule has 0 radical (unpaired) electrons. The number of fused-ring (bicyclic) bond motifs is 1. The molecule has 0 bridgehead atoms. The van der Waals surface area contributed by atoms with Crippen LogP contribution in [0.3, 0.4) is 0 Å². The molecule has 0 saturated carbocycles. The van der Waals surface area contributed by atoms with Gasteiger partial charge in [0.2, 0.25) is 5.78 Å². The first-order valence-corrected chi connectivity index (χ1v) is 11.6. The maximum absolute atomic E-state index is 13.2. The predicted octanol–water partition coefficient (Wildman–Crippen LogP) is 3.99. The number of aliphatic carboxylic acids is 1. The zero-order chi connectivity index (χ0) is 24.8. The molecule has 2 aromatic rings. The van der Waals surface area contributed by atoms with Gasteiger partial charge in [-0.25, -0.2) is 9.59 Å². The minimum atomic E-state index is -1.91. The molecule has 3 rings (SSSR count). The molecule has 0 saturated heterocycles. The SMILES string of the molecule is CC(C)(C)C1(C(C)(C)C)c2nn(CCSc3ccccc3)nc2C(=O)C(C(=O)O)N1C(=O)O. The lowest BCUT2D eigenvalue weighted by atomic mass is 9.55. The standard InChI is InChI=1S/C23H30N4O5S/c1-21(2,3)23(22(4,5)6)18-15(17(28)16(19(29)30)27(23)20(31)32)24-26(25-18)12-13-33-14-10-8-7-9-11-14/h7-11,16H,12-13H2,1-6H3,(H,29,30)(H,31,32). The number of aromatic nitrogens is 3. The van der Waals surface area contributed by atoms with E-state index in [9.17, 15) is 24.6 Å². The molecule has 1 aliphatic rings. The van der Waals surface area contributed by atoms with Gasteiger partial charge in [-0.05, 0) is 23.0 Å². The van der Waals surface area contributed by atoms with Crippen molar-refractivity contribution in [2.24, 2.45) is 10.8 Å². The van der Waals surface area contributed by atoms with Crippen LogP contribution in [0.15, 0.2) is 35.2 Å². The number of amides is 1. The minimum Gasteiger partial charge on any atom is -0.479 e. The summed E-state index contributed by atoms with van der Waals surface area (Å²) in [6.07, 6.45) is -1.49. The fourth-order valence-corrected chi connectivity index (χ4v) is 6.05. The Labute approximate surface area is 197 Å². The number of carboxylic acids is 1. The first-order valence-electron chi connectivity index (χ1n) is 10.7. The average molecular weight is 475 g/mol. The summed E-state index contributed by atoms with van der Waals surface area (Å²) in [5.74, 6) is -1.78. The highest BCUT2D eigenvalue weighted by Gasteiger charge is 2.67. The van der Waals surface area contributed by atoms with Gasteiger partial charge in [0, 0.05) is 10.6 Å². The van der Waals surface area contributed by atoms with Crippen molar-refractivity contribution in [3.63, 3.8) is 0 Å². The van der Waals surface area contributed by atoms with Gasteiger partial charge in [0.25, 0.3) is 0 Å². The number of Topliss-reactive ketones (excluding diaryl/α,β-unsaturated/α-hetero) is 1. The van der Waals surface area contributed by atoms with E-state index in [-0.39, 0.29) is 11.4 Å². The Morgan fingerprint density at radius 1 is 1.03 bits per heavy atom. The number of hydrogen-bond donors (Lipinski definition) is 2. The highest BCUT2D eigenvalue weighted by atomic mass is 32.2. The summed E-state index contributed by atoms with van der Waals surface area (Å²) in [4.78, 5) is 41.2. The van der Waals surface area contributed by atoms with E-state index in [1.807, 2.05) is 71.9 Å². The molecule has 9 nitrogen and oxygen atoms in total. The maximum Gasteiger partial charge on any atom is 0.409 e.